The van der Waals surface area contributed by atoms with Crippen molar-refractivity contribution in [1.29, 1.82) is 0 Å². The lowest BCUT2D eigenvalue weighted by atomic mass is 10.1. The summed E-state index contributed by atoms with van der Waals surface area (Å²) in [6.45, 7) is 4.26. The smallest absolute Gasteiger partial charge is 0.338 e. The number of carbonyl (C=O) groups is 2. The number of esters is 1. The van der Waals surface area contributed by atoms with E-state index in [0.29, 0.717) is 24.6 Å². The maximum atomic E-state index is 12.9. The number of piperidine rings is 1. The van der Waals surface area contributed by atoms with Gasteiger partial charge in [0.1, 0.15) is 0 Å². The van der Waals surface area contributed by atoms with Crippen LogP contribution < -0.4 is 5.32 Å². The van der Waals surface area contributed by atoms with Gasteiger partial charge in [0, 0.05) is 19.1 Å². The van der Waals surface area contributed by atoms with E-state index in [1.165, 1.54) is 16.4 Å². The molecule has 1 unspecified atom stereocenters. The Kier molecular flexibility index (Phi) is 6.40. The van der Waals surface area contributed by atoms with Crippen LogP contribution in [0.5, 0.6) is 0 Å². The van der Waals surface area contributed by atoms with Crippen molar-refractivity contribution < 1.29 is 22.7 Å². The van der Waals surface area contributed by atoms with Gasteiger partial charge in [0.25, 0.3) is 5.91 Å². The van der Waals surface area contributed by atoms with Crippen LogP contribution in [0.25, 0.3) is 0 Å². The highest BCUT2D eigenvalue weighted by Crippen LogP contribution is 2.32. The Hall–Kier alpha value is -1.93. The number of ether oxygens (including phenoxy) is 1. The van der Waals surface area contributed by atoms with Crippen LogP contribution in [-0.2, 0) is 19.6 Å². The summed E-state index contributed by atoms with van der Waals surface area (Å²) in [5.74, 6) is -0.537. The van der Waals surface area contributed by atoms with Crippen molar-refractivity contribution >= 4 is 21.9 Å². The molecule has 0 radical (unpaired) electrons. The van der Waals surface area contributed by atoms with Crippen LogP contribution >= 0.6 is 0 Å². The zero-order valence-corrected chi connectivity index (χ0v) is 17.3. The van der Waals surface area contributed by atoms with Crippen LogP contribution in [0.4, 0.5) is 0 Å². The molecule has 0 bridgehead atoms. The molecule has 0 aromatic heterocycles. The molecular weight excluding hydrogens is 380 g/mol. The molecule has 7 nitrogen and oxygen atoms in total. The van der Waals surface area contributed by atoms with Crippen molar-refractivity contribution in [2.45, 2.75) is 56.9 Å². The van der Waals surface area contributed by atoms with Crippen molar-refractivity contribution in [3.05, 3.63) is 29.3 Å². The van der Waals surface area contributed by atoms with Gasteiger partial charge < -0.3 is 10.1 Å². The Morgan fingerprint density at radius 1 is 1.21 bits per heavy atom. The average Bonchev–Trinajstić information content (AvgIpc) is 3.52. The molecule has 1 saturated carbocycles. The number of hydrogen-bond acceptors (Lipinski definition) is 5. The Labute approximate surface area is 166 Å². The van der Waals surface area contributed by atoms with Gasteiger partial charge in [-0.15, -0.1) is 0 Å². The third-order valence-corrected chi connectivity index (χ3v) is 7.45. The van der Waals surface area contributed by atoms with Gasteiger partial charge in [0.2, 0.25) is 10.0 Å². The molecular formula is C20H28N2O5S. The van der Waals surface area contributed by atoms with Crippen LogP contribution in [0.3, 0.4) is 0 Å². The van der Waals surface area contributed by atoms with Crippen LogP contribution in [-0.4, -0.2) is 50.3 Å². The minimum Gasteiger partial charge on any atom is -0.452 e. The molecule has 3 rings (SSSR count). The van der Waals surface area contributed by atoms with E-state index in [2.05, 4.69) is 5.32 Å². The SMILES string of the molecule is Cc1ccc(C(=O)OCC(=O)NC(C)C2CC2)cc1S(=O)(=O)N1CCCCC1. The molecule has 1 atom stereocenters. The van der Waals surface area contributed by atoms with Crippen molar-refractivity contribution in [2.75, 3.05) is 19.7 Å². The summed E-state index contributed by atoms with van der Waals surface area (Å²) in [6.07, 6.45) is 4.93. The van der Waals surface area contributed by atoms with E-state index in [0.717, 1.165) is 32.1 Å². The predicted octanol–water partition coefficient (Wildman–Crippen LogP) is 2.24. The standard InChI is InChI=1S/C20H28N2O5S/c1-14-6-7-17(12-18(14)28(25,26)22-10-4-3-5-11-22)20(24)27-13-19(23)21-15(2)16-8-9-16/h6-7,12,15-16H,3-5,8-11,13H2,1-2H3,(H,21,23). The minimum absolute atomic E-state index is 0.0758. The van der Waals surface area contributed by atoms with E-state index < -0.39 is 16.0 Å². The number of benzene rings is 1. The molecule has 1 aliphatic carbocycles. The molecule has 0 spiro atoms. The Morgan fingerprint density at radius 2 is 1.89 bits per heavy atom. The summed E-state index contributed by atoms with van der Waals surface area (Å²) in [4.78, 5) is 24.4. The van der Waals surface area contributed by atoms with E-state index >= 15 is 0 Å². The zero-order chi connectivity index (χ0) is 20.3. The monoisotopic (exact) mass is 408 g/mol. The van der Waals surface area contributed by atoms with E-state index in [-0.39, 0.29) is 29.0 Å². The largest absolute Gasteiger partial charge is 0.452 e. The second-order valence-electron chi connectivity index (χ2n) is 7.71. The lowest BCUT2D eigenvalue weighted by Gasteiger charge is -2.26. The molecule has 154 valence electrons. The number of hydrogen-bond donors (Lipinski definition) is 1. The average molecular weight is 409 g/mol. The van der Waals surface area contributed by atoms with Gasteiger partial charge in [0.15, 0.2) is 6.61 Å². The molecule has 1 heterocycles. The van der Waals surface area contributed by atoms with Crippen molar-refractivity contribution in [3.63, 3.8) is 0 Å². The number of amides is 1. The third-order valence-electron chi connectivity index (χ3n) is 5.41. The predicted molar refractivity (Wildman–Crippen MR) is 104 cm³/mol. The second-order valence-corrected chi connectivity index (χ2v) is 9.62. The molecule has 1 aliphatic heterocycles. The van der Waals surface area contributed by atoms with Crippen LogP contribution in [0.2, 0.25) is 0 Å². The van der Waals surface area contributed by atoms with E-state index in [1.54, 1.807) is 13.0 Å². The first-order valence-electron chi connectivity index (χ1n) is 9.86. The summed E-state index contributed by atoms with van der Waals surface area (Å²) in [5, 5.41) is 2.82. The third kappa shape index (κ3) is 4.91. The van der Waals surface area contributed by atoms with Gasteiger partial charge in [-0.1, -0.05) is 12.5 Å². The maximum absolute atomic E-state index is 12.9. The van der Waals surface area contributed by atoms with Gasteiger partial charge in [0.05, 0.1) is 10.5 Å². The van der Waals surface area contributed by atoms with E-state index in [1.807, 2.05) is 6.92 Å². The molecule has 2 aliphatic rings. The summed E-state index contributed by atoms with van der Waals surface area (Å²) in [7, 11) is -3.65. The molecule has 8 heteroatoms. The summed E-state index contributed by atoms with van der Waals surface area (Å²) < 4.78 is 32.5. The van der Waals surface area contributed by atoms with E-state index in [4.69, 9.17) is 4.74 Å². The fraction of sp³-hybridized carbons (Fsp3) is 0.600. The van der Waals surface area contributed by atoms with Crippen LogP contribution in [0.15, 0.2) is 23.1 Å². The molecule has 28 heavy (non-hydrogen) atoms. The molecule has 2 fully saturated rings. The normalized spacial score (nSPS) is 19.1. The Bertz CT molecular complexity index is 842. The van der Waals surface area contributed by atoms with Crippen molar-refractivity contribution in [1.82, 2.24) is 9.62 Å². The Balaban J connectivity index is 1.66. The van der Waals surface area contributed by atoms with Gasteiger partial charge in [-0.05, 0) is 63.1 Å². The maximum Gasteiger partial charge on any atom is 0.338 e. The lowest BCUT2D eigenvalue weighted by Crippen LogP contribution is -2.37. The molecule has 1 aromatic rings. The zero-order valence-electron chi connectivity index (χ0n) is 16.4. The highest BCUT2D eigenvalue weighted by Gasteiger charge is 2.30. The molecule has 1 amide bonds. The first kappa shape index (κ1) is 20.8. The summed E-state index contributed by atoms with van der Waals surface area (Å²) in [6, 6.07) is 4.55. The number of nitrogens with zero attached hydrogens (tertiary/aromatic N) is 1. The molecule has 1 N–H and O–H groups in total. The van der Waals surface area contributed by atoms with Crippen LogP contribution in [0.1, 0.15) is 54.9 Å². The summed E-state index contributed by atoms with van der Waals surface area (Å²) in [5.41, 5.74) is 0.711. The van der Waals surface area contributed by atoms with Crippen molar-refractivity contribution in [2.24, 2.45) is 5.92 Å². The van der Waals surface area contributed by atoms with Gasteiger partial charge in [-0.25, -0.2) is 13.2 Å². The topological polar surface area (TPSA) is 92.8 Å². The fourth-order valence-corrected chi connectivity index (χ4v) is 5.24. The Morgan fingerprint density at radius 3 is 2.54 bits per heavy atom. The van der Waals surface area contributed by atoms with Crippen molar-refractivity contribution in [3.8, 4) is 0 Å². The number of carbonyl (C=O) groups excluding carboxylic acids is 2. The first-order chi connectivity index (χ1) is 13.3. The highest BCUT2D eigenvalue weighted by molar-refractivity contribution is 7.89. The number of rotatable bonds is 7. The van der Waals surface area contributed by atoms with Crippen LogP contribution in [0, 0.1) is 12.8 Å². The first-order valence-corrected chi connectivity index (χ1v) is 11.3. The number of sulfonamides is 1. The quantitative estimate of drug-likeness (QED) is 0.699. The minimum atomic E-state index is -3.65. The summed E-state index contributed by atoms with van der Waals surface area (Å²) >= 11 is 0. The number of nitrogens with one attached hydrogen (secondary N) is 1. The second kappa shape index (κ2) is 8.61. The van der Waals surface area contributed by atoms with Gasteiger partial charge >= 0.3 is 5.97 Å². The number of aryl methyl sites for hydroxylation is 1. The fourth-order valence-electron chi connectivity index (χ4n) is 3.47. The molecule has 1 saturated heterocycles. The van der Waals surface area contributed by atoms with Gasteiger partial charge in [-0.3, -0.25) is 4.79 Å². The van der Waals surface area contributed by atoms with E-state index in [9.17, 15) is 18.0 Å². The highest BCUT2D eigenvalue weighted by atomic mass is 32.2. The molecule has 1 aromatic carbocycles. The lowest BCUT2D eigenvalue weighted by molar-refractivity contribution is -0.124. The van der Waals surface area contributed by atoms with Gasteiger partial charge in [-0.2, -0.15) is 4.31 Å².